The van der Waals surface area contributed by atoms with Crippen LogP contribution in [0.5, 0.6) is 0 Å². The molecule has 5 heteroatoms. The first-order valence-electron chi connectivity index (χ1n) is 2.55. The van der Waals surface area contributed by atoms with Gasteiger partial charge in [0.25, 0.3) is 6.43 Å². The van der Waals surface area contributed by atoms with Gasteiger partial charge in [0, 0.05) is 0 Å². The van der Waals surface area contributed by atoms with Crippen molar-refractivity contribution in [1.29, 1.82) is 0 Å². The lowest BCUT2D eigenvalue weighted by atomic mass is 10.5. The van der Waals surface area contributed by atoms with E-state index < -0.39 is 6.43 Å². The number of nitrogen functional groups attached to an aromatic ring is 1. The first-order valence-corrected chi connectivity index (χ1v) is 2.55. The second-order valence-electron chi connectivity index (χ2n) is 1.67. The molecule has 0 saturated heterocycles. The molecule has 0 aliphatic carbocycles. The van der Waals surface area contributed by atoms with Crippen molar-refractivity contribution in [1.82, 2.24) is 9.97 Å². The van der Waals surface area contributed by atoms with Gasteiger partial charge in [-0.25, -0.2) is 18.7 Å². The molecule has 0 radical (unpaired) electrons. The van der Waals surface area contributed by atoms with Crippen molar-refractivity contribution in [2.45, 2.75) is 6.43 Å². The monoisotopic (exact) mass is 145 g/mol. The van der Waals surface area contributed by atoms with Crippen LogP contribution in [0.15, 0.2) is 12.4 Å². The molecule has 1 aromatic rings. The zero-order valence-electron chi connectivity index (χ0n) is 4.96. The van der Waals surface area contributed by atoms with Crippen molar-refractivity contribution in [3.8, 4) is 0 Å². The van der Waals surface area contributed by atoms with Gasteiger partial charge in [-0.15, -0.1) is 0 Å². The highest BCUT2D eigenvalue weighted by atomic mass is 19.3. The van der Waals surface area contributed by atoms with Crippen LogP contribution in [0.4, 0.5) is 14.6 Å². The summed E-state index contributed by atoms with van der Waals surface area (Å²) < 4.78 is 23.5. The molecule has 0 unspecified atom stereocenters. The van der Waals surface area contributed by atoms with Gasteiger partial charge in [-0.05, 0) is 0 Å². The number of hydrogen-bond donors (Lipinski definition) is 1. The summed E-state index contributed by atoms with van der Waals surface area (Å²) >= 11 is 0. The number of aromatic nitrogens is 2. The van der Waals surface area contributed by atoms with E-state index in [9.17, 15) is 8.78 Å². The van der Waals surface area contributed by atoms with Crippen LogP contribution in [0.3, 0.4) is 0 Å². The minimum absolute atomic E-state index is 0.143. The minimum Gasteiger partial charge on any atom is -0.382 e. The largest absolute Gasteiger partial charge is 0.382 e. The van der Waals surface area contributed by atoms with Crippen molar-refractivity contribution in [3.63, 3.8) is 0 Å². The summed E-state index contributed by atoms with van der Waals surface area (Å²) in [5.41, 5.74) is 4.76. The van der Waals surface area contributed by atoms with Gasteiger partial charge in [0.05, 0.1) is 12.4 Å². The van der Waals surface area contributed by atoms with Gasteiger partial charge in [-0.3, -0.25) is 0 Å². The fourth-order valence-corrected chi connectivity index (χ4v) is 0.461. The van der Waals surface area contributed by atoms with Crippen molar-refractivity contribution in [3.05, 3.63) is 18.1 Å². The molecule has 0 aromatic carbocycles. The summed E-state index contributed by atoms with van der Waals surface area (Å²) in [5.74, 6) is 0.143. The molecule has 3 nitrogen and oxygen atoms in total. The van der Waals surface area contributed by atoms with E-state index in [0.29, 0.717) is 0 Å². The average Bonchev–Trinajstić information content (AvgIpc) is 1.88. The predicted octanol–water partition coefficient (Wildman–Crippen LogP) is 0.996. The lowest BCUT2D eigenvalue weighted by molar-refractivity contribution is 0.145. The van der Waals surface area contributed by atoms with Crippen LogP contribution in [0.25, 0.3) is 0 Å². The Kier molecular flexibility index (Phi) is 1.75. The Morgan fingerprint density at radius 3 is 2.40 bits per heavy atom. The Hall–Kier alpha value is -1.26. The molecule has 1 heterocycles. The van der Waals surface area contributed by atoms with Crippen molar-refractivity contribution in [2.75, 3.05) is 5.73 Å². The van der Waals surface area contributed by atoms with E-state index in [0.717, 1.165) is 12.4 Å². The second kappa shape index (κ2) is 2.55. The van der Waals surface area contributed by atoms with Gasteiger partial charge in [0.15, 0.2) is 0 Å². The van der Waals surface area contributed by atoms with Gasteiger partial charge in [-0.2, -0.15) is 0 Å². The number of rotatable bonds is 1. The first-order chi connectivity index (χ1) is 4.70. The third kappa shape index (κ3) is 1.37. The zero-order chi connectivity index (χ0) is 7.56. The maximum Gasteiger partial charge on any atom is 0.281 e. The molecule has 2 N–H and O–H groups in total. The Balaban J connectivity index is 2.89. The first kappa shape index (κ1) is 6.85. The normalized spacial score (nSPS) is 10.3. The maximum absolute atomic E-state index is 11.8. The predicted molar refractivity (Wildman–Crippen MR) is 31.4 cm³/mol. The van der Waals surface area contributed by atoms with E-state index in [1.165, 1.54) is 0 Å². The Morgan fingerprint density at radius 1 is 1.30 bits per heavy atom. The lowest BCUT2D eigenvalue weighted by Gasteiger charge is -1.95. The standard InChI is InChI=1S/C5H5F2N3/c6-5(7)3-1-10-4(8)2-9-3/h1-2,5H,(H2,8,10). The molecule has 0 bridgehead atoms. The van der Waals surface area contributed by atoms with Crippen LogP contribution in [-0.4, -0.2) is 9.97 Å². The van der Waals surface area contributed by atoms with Crippen LogP contribution in [0, 0.1) is 0 Å². The SMILES string of the molecule is Nc1cnc(C(F)F)cn1. The number of anilines is 1. The highest BCUT2D eigenvalue weighted by Crippen LogP contribution is 2.14. The molecular formula is C5H5F2N3. The highest BCUT2D eigenvalue weighted by Gasteiger charge is 2.07. The van der Waals surface area contributed by atoms with E-state index in [2.05, 4.69) is 9.97 Å². The maximum atomic E-state index is 11.8. The summed E-state index contributed by atoms with van der Waals surface area (Å²) in [4.78, 5) is 6.78. The second-order valence-corrected chi connectivity index (χ2v) is 1.67. The zero-order valence-corrected chi connectivity index (χ0v) is 4.96. The Bertz CT molecular complexity index is 209. The number of halogens is 2. The molecule has 0 atom stereocenters. The molecular weight excluding hydrogens is 140 g/mol. The van der Waals surface area contributed by atoms with E-state index in [-0.39, 0.29) is 11.5 Å². The molecule has 1 aromatic heterocycles. The van der Waals surface area contributed by atoms with E-state index >= 15 is 0 Å². The molecule has 0 aliphatic rings. The Labute approximate surface area is 55.9 Å². The molecule has 0 spiro atoms. The van der Waals surface area contributed by atoms with Gasteiger partial charge >= 0.3 is 0 Å². The van der Waals surface area contributed by atoms with Gasteiger partial charge in [0.1, 0.15) is 11.5 Å². The molecule has 0 fully saturated rings. The summed E-state index contributed by atoms with van der Waals surface area (Å²) in [6.45, 7) is 0. The third-order valence-corrected chi connectivity index (χ3v) is 0.915. The average molecular weight is 145 g/mol. The highest BCUT2D eigenvalue weighted by molar-refractivity contribution is 5.22. The summed E-state index contributed by atoms with van der Waals surface area (Å²) in [7, 11) is 0. The van der Waals surface area contributed by atoms with Crippen LogP contribution in [-0.2, 0) is 0 Å². The lowest BCUT2D eigenvalue weighted by Crippen LogP contribution is -1.95. The molecule has 10 heavy (non-hydrogen) atoms. The Morgan fingerprint density at radius 2 is 2.00 bits per heavy atom. The van der Waals surface area contributed by atoms with Crippen LogP contribution in [0.2, 0.25) is 0 Å². The van der Waals surface area contributed by atoms with Crippen LogP contribution in [0.1, 0.15) is 12.1 Å². The molecule has 0 aliphatic heterocycles. The molecule has 1 rings (SSSR count). The smallest absolute Gasteiger partial charge is 0.281 e. The number of hydrogen-bond acceptors (Lipinski definition) is 3. The fraction of sp³-hybridized carbons (Fsp3) is 0.200. The number of nitrogens with zero attached hydrogens (tertiary/aromatic N) is 2. The van der Waals surface area contributed by atoms with Gasteiger partial charge in [0.2, 0.25) is 0 Å². The van der Waals surface area contributed by atoms with Crippen LogP contribution < -0.4 is 5.73 Å². The summed E-state index contributed by atoms with van der Waals surface area (Å²) in [6.07, 6.45) is -0.519. The van der Waals surface area contributed by atoms with Gasteiger partial charge < -0.3 is 5.73 Å². The summed E-state index contributed by atoms with van der Waals surface area (Å²) in [5, 5.41) is 0. The number of alkyl halides is 2. The molecule has 54 valence electrons. The van der Waals surface area contributed by atoms with E-state index in [1.54, 1.807) is 0 Å². The number of nitrogens with two attached hydrogens (primary N) is 1. The minimum atomic E-state index is -2.58. The van der Waals surface area contributed by atoms with Gasteiger partial charge in [-0.1, -0.05) is 0 Å². The van der Waals surface area contributed by atoms with Crippen molar-refractivity contribution < 1.29 is 8.78 Å². The third-order valence-electron chi connectivity index (χ3n) is 0.915. The summed E-state index contributed by atoms with van der Waals surface area (Å²) in [6, 6.07) is 0. The molecule has 0 amide bonds. The molecule has 0 saturated carbocycles. The van der Waals surface area contributed by atoms with E-state index in [1.807, 2.05) is 0 Å². The van der Waals surface area contributed by atoms with E-state index in [4.69, 9.17) is 5.73 Å². The van der Waals surface area contributed by atoms with Crippen LogP contribution >= 0.6 is 0 Å². The fourth-order valence-electron chi connectivity index (χ4n) is 0.461. The van der Waals surface area contributed by atoms with Crippen molar-refractivity contribution >= 4 is 5.82 Å². The topological polar surface area (TPSA) is 51.8 Å². The van der Waals surface area contributed by atoms with Crippen molar-refractivity contribution in [2.24, 2.45) is 0 Å². The quantitative estimate of drug-likeness (QED) is 0.641.